The van der Waals surface area contributed by atoms with E-state index >= 15 is 0 Å². The summed E-state index contributed by atoms with van der Waals surface area (Å²) in [7, 11) is 0. The van der Waals surface area contributed by atoms with Crippen molar-refractivity contribution in [3.8, 4) is 11.5 Å². The Morgan fingerprint density at radius 3 is 1.73 bits per heavy atom. The van der Waals surface area contributed by atoms with E-state index in [1.807, 2.05) is 52.8 Å². The molecule has 0 aliphatic heterocycles. The van der Waals surface area contributed by atoms with Crippen LogP contribution in [0.5, 0.6) is 11.5 Å². The molecule has 37 heavy (non-hydrogen) atoms. The molecule has 0 unspecified atom stereocenters. The van der Waals surface area contributed by atoms with Gasteiger partial charge in [-0.15, -0.1) is 0 Å². The number of nitrogens with one attached hydrogen (secondary N) is 2. The molecule has 2 amide bonds. The normalized spacial score (nSPS) is 10.2. The van der Waals surface area contributed by atoms with E-state index in [1.165, 1.54) is 0 Å². The Morgan fingerprint density at radius 2 is 1.22 bits per heavy atom. The van der Waals surface area contributed by atoms with Crippen LogP contribution in [-0.2, 0) is 4.79 Å². The molecule has 3 rings (SSSR count). The van der Waals surface area contributed by atoms with E-state index in [9.17, 15) is 9.59 Å². The first-order chi connectivity index (χ1) is 17.5. The summed E-state index contributed by atoms with van der Waals surface area (Å²) in [5, 5.41) is 12.6. The summed E-state index contributed by atoms with van der Waals surface area (Å²) in [6.45, 7) is 9.33. The van der Waals surface area contributed by atoms with Crippen LogP contribution in [-0.4, -0.2) is 35.6 Å². The number of nitrogen functional groups attached to an aromatic ring is 1. The van der Waals surface area contributed by atoms with Crippen molar-refractivity contribution in [3.63, 3.8) is 0 Å². The van der Waals surface area contributed by atoms with Crippen molar-refractivity contribution in [3.05, 3.63) is 77.4 Å². The highest BCUT2D eigenvalue weighted by molar-refractivity contribution is 6.07. The van der Waals surface area contributed by atoms with Crippen LogP contribution in [0.15, 0.2) is 60.7 Å². The van der Waals surface area contributed by atoms with Crippen LogP contribution in [0, 0.1) is 6.92 Å². The van der Waals surface area contributed by atoms with Crippen molar-refractivity contribution >= 4 is 35.3 Å². The van der Waals surface area contributed by atoms with Crippen molar-refractivity contribution in [2.45, 2.75) is 46.8 Å². The first-order valence-corrected chi connectivity index (χ1v) is 11.7. The van der Waals surface area contributed by atoms with Gasteiger partial charge in [-0.3, -0.25) is 14.4 Å². The molecule has 0 heterocycles. The minimum absolute atomic E-state index is 0.0348. The zero-order chi connectivity index (χ0) is 27.5. The van der Waals surface area contributed by atoms with Gasteiger partial charge in [-0.25, -0.2) is 0 Å². The lowest BCUT2D eigenvalue weighted by molar-refractivity contribution is -0.122. The van der Waals surface area contributed by atoms with E-state index in [0.717, 1.165) is 5.56 Å². The van der Waals surface area contributed by atoms with Gasteiger partial charge in [0.15, 0.2) is 0 Å². The molecule has 0 aromatic heterocycles. The van der Waals surface area contributed by atoms with Crippen molar-refractivity contribution in [1.82, 2.24) is 0 Å². The molecular formula is C28H33N3O6. The molecule has 3 aromatic rings. The van der Waals surface area contributed by atoms with E-state index in [-0.39, 0.29) is 30.5 Å². The molecule has 196 valence electrons. The minimum atomic E-state index is -0.317. The number of benzene rings is 3. The molecule has 0 fully saturated rings. The fraction of sp³-hybridized carbons (Fsp3) is 0.250. The third-order valence-corrected chi connectivity index (χ3v) is 4.78. The van der Waals surface area contributed by atoms with E-state index in [2.05, 4.69) is 10.6 Å². The Bertz CT molecular complexity index is 1220. The van der Waals surface area contributed by atoms with E-state index in [4.69, 9.17) is 25.1 Å². The molecule has 9 heteroatoms. The lowest BCUT2D eigenvalue weighted by Crippen LogP contribution is -2.17. The maximum atomic E-state index is 13.0. The zero-order valence-corrected chi connectivity index (χ0v) is 21.6. The molecule has 0 aliphatic rings. The molecule has 0 aliphatic carbocycles. The molecule has 9 nitrogen and oxygen atoms in total. The largest absolute Gasteiger partial charge is 0.489 e. The number of hydrogen-bond acceptors (Lipinski definition) is 6. The fourth-order valence-electron chi connectivity index (χ4n) is 3.23. The maximum absolute atomic E-state index is 13.0. The highest BCUT2D eigenvalue weighted by atomic mass is 16.5. The summed E-state index contributed by atoms with van der Waals surface area (Å²) in [6.07, 6.45) is -0.193. The summed E-state index contributed by atoms with van der Waals surface area (Å²) in [5.41, 5.74) is 9.20. The number of amides is 2. The van der Waals surface area contributed by atoms with Crippen LogP contribution in [0.3, 0.4) is 0 Å². The van der Waals surface area contributed by atoms with E-state index in [1.54, 1.807) is 42.5 Å². The molecule has 0 spiro atoms. The Labute approximate surface area is 216 Å². The van der Waals surface area contributed by atoms with E-state index in [0.29, 0.717) is 39.7 Å². The van der Waals surface area contributed by atoms with Gasteiger partial charge in [0.25, 0.3) is 18.3 Å². The molecular weight excluding hydrogens is 474 g/mol. The molecule has 0 atom stereocenters. The van der Waals surface area contributed by atoms with Crippen molar-refractivity contribution < 1.29 is 29.0 Å². The number of carboxylic acid groups (broad SMARTS) is 1. The van der Waals surface area contributed by atoms with Crippen molar-refractivity contribution in [2.24, 2.45) is 0 Å². The lowest BCUT2D eigenvalue weighted by Gasteiger charge is -2.18. The van der Waals surface area contributed by atoms with Crippen molar-refractivity contribution in [2.75, 3.05) is 16.4 Å². The molecule has 0 saturated carbocycles. The van der Waals surface area contributed by atoms with Crippen molar-refractivity contribution in [1.29, 1.82) is 0 Å². The van der Waals surface area contributed by atoms with Gasteiger partial charge in [0, 0.05) is 16.8 Å². The average Bonchev–Trinajstić information content (AvgIpc) is 2.82. The highest BCUT2D eigenvalue weighted by Crippen LogP contribution is 2.30. The second kappa shape index (κ2) is 13.5. The van der Waals surface area contributed by atoms with Crippen LogP contribution < -0.4 is 25.8 Å². The van der Waals surface area contributed by atoms with Crippen LogP contribution in [0.25, 0.3) is 0 Å². The molecule has 0 saturated heterocycles. The average molecular weight is 508 g/mol. The highest BCUT2D eigenvalue weighted by Gasteiger charge is 2.16. The second-order valence-corrected chi connectivity index (χ2v) is 8.68. The molecule has 5 N–H and O–H groups in total. The number of aryl methyl sites for hydroxylation is 1. The SMILES string of the molecule is Cc1ccc(NC(=O)c2ccc(NC(=O)c3ccc(N)cc3)c(OC(C)C)c2)c(OC(C)C)c1.O=CO. The zero-order valence-electron chi connectivity index (χ0n) is 21.6. The monoisotopic (exact) mass is 507 g/mol. The summed E-state index contributed by atoms with van der Waals surface area (Å²) >= 11 is 0. The summed E-state index contributed by atoms with van der Waals surface area (Å²) < 4.78 is 11.8. The third kappa shape index (κ3) is 8.88. The summed E-state index contributed by atoms with van der Waals surface area (Å²) in [6, 6.07) is 17.1. The first-order valence-electron chi connectivity index (χ1n) is 11.7. The molecule has 3 aromatic carbocycles. The number of carbonyl (C=O) groups is 3. The van der Waals surface area contributed by atoms with Crippen LogP contribution in [0.1, 0.15) is 54.0 Å². The van der Waals surface area contributed by atoms with Gasteiger partial charge in [0.05, 0.1) is 23.6 Å². The number of hydrogen-bond donors (Lipinski definition) is 4. The number of carbonyl (C=O) groups excluding carboxylic acids is 2. The second-order valence-electron chi connectivity index (χ2n) is 8.68. The van der Waals surface area contributed by atoms with Gasteiger partial charge < -0.3 is 30.9 Å². The Morgan fingerprint density at radius 1 is 0.784 bits per heavy atom. The lowest BCUT2D eigenvalue weighted by atomic mass is 10.1. The predicted molar refractivity (Wildman–Crippen MR) is 145 cm³/mol. The summed E-state index contributed by atoms with van der Waals surface area (Å²) in [5.74, 6) is 0.381. The Kier molecular flexibility index (Phi) is 10.5. The topological polar surface area (TPSA) is 140 Å². The Balaban J connectivity index is 0.00000153. The fourth-order valence-corrected chi connectivity index (χ4v) is 3.23. The number of nitrogens with two attached hydrogens (primary N) is 1. The summed E-state index contributed by atoms with van der Waals surface area (Å²) in [4.78, 5) is 34.1. The maximum Gasteiger partial charge on any atom is 0.290 e. The van der Waals surface area contributed by atoms with Gasteiger partial charge in [-0.1, -0.05) is 6.07 Å². The van der Waals surface area contributed by atoms with Gasteiger partial charge in [-0.05, 0) is 94.8 Å². The van der Waals surface area contributed by atoms with Gasteiger partial charge in [0.1, 0.15) is 11.5 Å². The number of ether oxygens (including phenoxy) is 2. The van der Waals surface area contributed by atoms with E-state index < -0.39 is 0 Å². The predicted octanol–water partition coefficient (Wildman–Crippen LogP) is 5.36. The number of anilines is 3. The van der Waals surface area contributed by atoms with Gasteiger partial charge >= 0.3 is 0 Å². The first kappa shape index (κ1) is 28.7. The van der Waals surface area contributed by atoms with Crippen LogP contribution in [0.4, 0.5) is 17.1 Å². The van der Waals surface area contributed by atoms with Gasteiger partial charge in [-0.2, -0.15) is 0 Å². The molecule has 0 bridgehead atoms. The third-order valence-electron chi connectivity index (χ3n) is 4.78. The quantitative estimate of drug-likeness (QED) is 0.238. The smallest absolute Gasteiger partial charge is 0.290 e. The number of rotatable bonds is 8. The van der Waals surface area contributed by atoms with Crippen LogP contribution in [0.2, 0.25) is 0 Å². The molecule has 0 radical (unpaired) electrons. The Hall–Kier alpha value is -4.53. The minimum Gasteiger partial charge on any atom is -0.489 e. The van der Waals surface area contributed by atoms with Gasteiger partial charge in [0.2, 0.25) is 0 Å². The van der Waals surface area contributed by atoms with Crippen LogP contribution >= 0.6 is 0 Å². The standard InChI is InChI=1S/C27H31N3O4.CH2O2/c1-16(2)33-24-14-18(5)6-12-22(24)30-27(32)20-9-13-23(25(15-20)34-17(3)4)29-26(31)19-7-10-21(28)11-8-19;2-1-3/h6-17H,28H2,1-5H3,(H,29,31)(H,30,32);1H,(H,2,3).